The van der Waals surface area contributed by atoms with Gasteiger partial charge in [0.1, 0.15) is 6.04 Å². The minimum Gasteiger partial charge on any atom is -0.480 e. The number of carbonyl (C=O) groups excluding carboxylic acids is 2. The van der Waals surface area contributed by atoms with Crippen LogP contribution >= 0.6 is 0 Å². The molecule has 8 heteroatoms. The van der Waals surface area contributed by atoms with Crippen molar-refractivity contribution in [1.29, 1.82) is 0 Å². The van der Waals surface area contributed by atoms with Gasteiger partial charge < -0.3 is 25.3 Å². The summed E-state index contributed by atoms with van der Waals surface area (Å²) in [5, 5.41) is 21.2. The van der Waals surface area contributed by atoms with Crippen LogP contribution in [0, 0.1) is 0 Å². The minimum atomic E-state index is -1.12. The normalized spacial score (nSPS) is 27.9. The fraction of sp³-hybridized carbons (Fsp3) is 0.727. The van der Waals surface area contributed by atoms with Crippen LogP contribution in [0.5, 0.6) is 0 Å². The SMILES string of the molecule is O=C1CCN(C(=O)N2CC(O)C[C@H]2C(=O)O)CCN1. The van der Waals surface area contributed by atoms with Gasteiger partial charge in [-0.2, -0.15) is 0 Å². The van der Waals surface area contributed by atoms with Crippen LogP contribution in [0.4, 0.5) is 4.79 Å². The van der Waals surface area contributed by atoms with Crippen LogP contribution < -0.4 is 5.32 Å². The topological polar surface area (TPSA) is 110 Å². The molecule has 0 aromatic rings. The summed E-state index contributed by atoms with van der Waals surface area (Å²) in [4.78, 5) is 37.2. The Hall–Kier alpha value is -1.83. The number of aliphatic hydroxyl groups excluding tert-OH is 1. The van der Waals surface area contributed by atoms with Crippen molar-refractivity contribution in [3.05, 3.63) is 0 Å². The number of amides is 3. The summed E-state index contributed by atoms with van der Waals surface area (Å²) < 4.78 is 0. The number of nitrogens with zero attached hydrogens (tertiary/aromatic N) is 2. The maximum atomic E-state index is 12.3. The van der Waals surface area contributed by atoms with E-state index < -0.39 is 24.1 Å². The van der Waals surface area contributed by atoms with Crippen LogP contribution in [0.25, 0.3) is 0 Å². The monoisotopic (exact) mass is 271 g/mol. The third kappa shape index (κ3) is 2.95. The second-order valence-corrected chi connectivity index (χ2v) is 4.77. The molecule has 0 bridgehead atoms. The largest absolute Gasteiger partial charge is 0.480 e. The number of urea groups is 1. The number of carbonyl (C=O) groups is 3. The number of likely N-dealkylation sites (tertiary alicyclic amines) is 1. The van der Waals surface area contributed by atoms with Crippen molar-refractivity contribution < 1.29 is 24.6 Å². The Bertz CT molecular complexity index is 400. The molecular weight excluding hydrogens is 254 g/mol. The molecule has 106 valence electrons. The van der Waals surface area contributed by atoms with Crippen LogP contribution in [0.15, 0.2) is 0 Å². The molecule has 0 spiro atoms. The van der Waals surface area contributed by atoms with Gasteiger partial charge in [0.15, 0.2) is 0 Å². The average Bonchev–Trinajstić information content (AvgIpc) is 2.61. The number of hydrogen-bond acceptors (Lipinski definition) is 4. The van der Waals surface area contributed by atoms with E-state index in [4.69, 9.17) is 5.11 Å². The summed E-state index contributed by atoms with van der Waals surface area (Å²) in [5.74, 6) is -1.24. The van der Waals surface area contributed by atoms with Crippen molar-refractivity contribution in [2.45, 2.75) is 25.0 Å². The lowest BCUT2D eigenvalue weighted by Crippen LogP contribution is -2.49. The Morgan fingerprint density at radius 2 is 2.05 bits per heavy atom. The lowest BCUT2D eigenvalue weighted by Gasteiger charge is -2.28. The number of hydrogen-bond donors (Lipinski definition) is 3. The predicted molar refractivity (Wildman–Crippen MR) is 63.3 cm³/mol. The van der Waals surface area contributed by atoms with Crippen LogP contribution in [0.3, 0.4) is 0 Å². The van der Waals surface area contributed by atoms with Gasteiger partial charge in [0.05, 0.1) is 6.10 Å². The van der Waals surface area contributed by atoms with E-state index in [0.29, 0.717) is 13.1 Å². The van der Waals surface area contributed by atoms with Gasteiger partial charge in [0.25, 0.3) is 0 Å². The Labute approximate surface area is 110 Å². The van der Waals surface area contributed by atoms with Crippen LogP contribution in [0.2, 0.25) is 0 Å². The van der Waals surface area contributed by atoms with Gasteiger partial charge in [-0.3, -0.25) is 4.79 Å². The fourth-order valence-corrected chi connectivity index (χ4v) is 2.40. The molecule has 0 radical (unpaired) electrons. The molecule has 1 unspecified atom stereocenters. The van der Waals surface area contributed by atoms with E-state index in [2.05, 4.69) is 5.32 Å². The van der Waals surface area contributed by atoms with Gasteiger partial charge in [-0.1, -0.05) is 0 Å². The number of aliphatic carboxylic acids is 1. The first kappa shape index (κ1) is 13.6. The highest BCUT2D eigenvalue weighted by atomic mass is 16.4. The van der Waals surface area contributed by atoms with Gasteiger partial charge in [-0.05, 0) is 0 Å². The quantitative estimate of drug-likeness (QED) is 0.534. The van der Waals surface area contributed by atoms with Gasteiger partial charge in [-0.25, -0.2) is 9.59 Å². The molecular formula is C11H17N3O5. The highest BCUT2D eigenvalue weighted by Gasteiger charge is 2.40. The number of carboxylic acids is 1. The lowest BCUT2D eigenvalue weighted by atomic mass is 10.2. The second-order valence-electron chi connectivity index (χ2n) is 4.77. The Morgan fingerprint density at radius 3 is 2.74 bits per heavy atom. The molecule has 0 aromatic heterocycles. The van der Waals surface area contributed by atoms with Gasteiger partial charge in [-0.15, -0.1) is 0 Å². The number of nitrogens with one attached hydrogen (secondary N) is 1. The van der Waals surface area contributed by atoms with Crippen LogP contribution in [-0.4, -0.2) is 76.2 Å². The van der Waals surface area contributed by atoms with Crippen molar-refractivity contribution in [1.82, 2.24) is 15.1 Å². The lowest BCUT2D eigenvalue weighted by molar-refractivity contribution is -0.141. The van der Waals surface area contributed by atoms with Gasteiger partial charge in [0.2, 0.25) is 5.91 Å². The van der Waals surface area contributed by atoms with Crippen molar-refractivity contribution in [2.24, 2.45) is 0 Å². The zero-order chi connectivity index (χ0) is 14.0. The van der Waals surface area contributed by atoms with Crippen molar-refractivity contribution in [3.63, 3.8) is 0 Å². The minimum absolute atomic E-state index is 0.0215. The van der Waals surface area contributed by atoms with E-state index in [9.17, 15) is 19.5 Å². The van der Waals surface area contributed by atoms with Crippen molar-refractivity contribution in [2.75, 3.05) is 26.2 Å². The molecule has 19 heavy (non-hydrogen) atoms. The summed E-state index contributed by atoms with van der Waals surface area (Å²) in [6, 6.07) is -1.42. The molecule has 2 heterocycles. The summed E-state index contributed by atoms with van der Waals surface area (Å²) in [6.45, 7) is 0.999. The molecule has 2 atom stereocenters. The number of aliphatic hydroxyl groups is 1. The summed E-state index contributed by atoms with van der Waals surface area (Å²) >= 11 is 0. The molecule has 2 saturated heterocycles. The zero-order valence-electron chi connectivity index (χ0n) is 10.4. The van der Waals surface area contributed by atoms with Crippen molar-refractivity contribution >= 4 is 17.9 Å². The molecule has 8 nitrogen and oxygen atoms in total. The standard InChI is InChI=1S/C11H17N3O5/c15-7-5-8(10(17)18)14(6-7)11(19)13-3-1-9(16)12-2-4-13/h7-8,15H,1-6H2,(H,12,16)(H,17,18)/t7?,8-/m0/s1. The molecule has 2 aliphatic rings. The average molecular weight is 271 g/mol. The maximum absolute atomic E-state index is 12.3. The molecule has 0 aliphatic carbocycles. The third-order valence-electron chi connectivity index (χ3n) is 3.39. The highest BCUT2D eigenvalue weighted by molar-refractivity contribution is 5.84. The molecule has 2 fully saturated rings. The predicted octanol–water partition coefficient (Wildman–Crippen LogP) is -1.55. The van der Waals surface area contributed by atoms with E-state index in [0.717, 1.165) is 0 Å². The van der Waals surface area contributed by atoms with E-state index in [1.807, 2.05) is 0 Å². The van der Waals surface area contributed by atoms with E-state index >= 15 is 0 Å². The summed E-state index contributed by atoms with van der Waals surface area (Å²) in [6.07, 6.45) is -0.553. The molecule has 0 aromatic carbocycles. The first-order valence-corrected chi connectivity index (χ1v) is 6.22. The second kappa shape index (κ2) is 5.43. The highest BCUT2D eigenvalue weighted by Crippen LogP contribution is 2.20. The fourth-order valence-electron chi connectivity index (χ4n) is 2.40. The van der Waals surface area contributed by atoms with Crippen molar-refractivity contribution in [3.8, 4) is 0 Å². The van der Waals surface area contributed by atoms with Gasteiger partial charge in [0, 0.05) is 39.0 Å². The van der Waals surface area contributed by atoms with E-state index in [1.54, 1.807) is 0 Å². The molecule has 2 aliphatic heterocycles. The van der Waals surface area contributed by atoms with Gasteiger partial charge >= 0.3 is 12.0 Å². The smallest absolute Gasteiger partial charge is 0.326 e. The first-order chi connectivity index (χ1) is 8.99. The molecule has 3 amide bonds. The summed E-state index contributed by atoms with van der Waals surface area (Å²) in [5.41, 5.74) is 0. The van der Waals surface area contributed by atoms with E-state index in [1.165, 1.54) is 9.80 Å². The summed E-state index contributed by atoms with van der Waals surface area (Å²) in [7, 11) is 0. The number of rotatable bonds is 1. The Kier molecular flexibility index (Phi) is 3.89. The zero-order valence-corrected chi connectivity index (χ0v) is 10.4. The van der Waals surface area contributed by atoms with Crippen LogP contribution in [-0.2, 0) is 9.59 Å². The molecule has 0 saturated carbocycles. The van der Waals surface area contributed by atoms with Crippen LogP contribution in [0.1, 0.15) is 12.8 Å². The molecule has 3 N–H and O–H groups in total. The molecule has 2 rings (SSSR count). The van der Waals surface area contributed by atoms with E-state index in [-0.39, 0.29) is 31.8 Å². The number of carboxylic acid groups (broad SMARTS) is 1. The maximum Gasteiger partial charge on any atom is 0.326 e. The third-order valence-corrected chi connectivity index (χ3v) is 3.39. The number of β-amino-alcohol motifs (C(OH)–C–C–N with tert-alkyl or cyclic N) is 1. The first-order valence-electron chi connectivity index (χ1n) is 6.22. The Balaban J connectivity index is 2.05. The Morgan fingerprint density at radius 1 is 1.32 bits per heavy atom.